The van der Waals surface area contributed by atoms with Crippen LogP contribution in [0.25, 0.3) is 11.3 Å². The van der Waals surface area contributed by atoms with Gasteiger partial charge in [0.15, 0.2) is 0 Å². The van der Waals surface area contributed by atoms with Crippen molar-refractivity contribution in [3.05, 3.63) is 74.0 Å². The first kappa shape index (κ1) is 18.5. The Kier molecular flexibility index (Phi) is 3.84. The van der Waals surface area contributed by atoms with Crippen molar-refractivity contribution in [1.29, 1.82) is 0 Å². The first-order chi connectivity index (χ1) is 13.8. The van der Waals surface area contributed by atoms with Gasteiger partial charge in [-0.05, 0) is 63.9 Å². The lowest BCUT2D eigenvalue weighted by atomic mass is 9.66. The molecule has 2 aliphatic carbocycles. The summed E-state index contributed by atoms with van der Waals surface area (Å²) in [6.07, 6.45) is 3.17. The third-order valence-corrected chi connectivity index (χ3v) is 7.40. The number of H-pyrrole nitrogens is 1. The highest BCUT2D eigenvalue weighted by molar-refractivity contribution is 9.10. The van der Waals surface area contributed by atoms with Gasteiger partial charge in [-0.25, -0.2) is 18.6 Å². The Balaban J connectivity index is 1.77. The molecule has 1 fully saturated rings. The van der Waals surface area contributed by atoms with Gasteiger partial charge in [-0.3, -0.25) is 0 Å². The summed E-state index contributed by atoms with van der Waals surface area (Å²) < 4.78 is 29.3. The average molecular weight is 459 g/mol. The van der Waals surface area contributed by atoms with Crippen molar-refractivity contribution in [2.24, 2.45) is 5.41 Å². The van der Waals surface area contributed by atoms with E-state index in [1.807, 2.05) is 0 Å². The van der Waals surface area contributed by atoms with Gasteiger partial charge < -0.3 is 4.98 Å². The summed E-state index contributed by atoms with van der Waals surface area (Å²) in [6, 6.07) is 5.50. The number of nitrogens with one attached hydrogen (secondary N) is 1. The van der Waals surface area contributed by atoms with Crippen LogP contribution in [0.3, 0.4) is 0 Å². The minimum Gasteiger partial charge on any atom is -0.308 e. The predicted octanol–water partition coefficient (Wildman–Crippen LogP) is 4.47. The Morgan fingerprint density at radius 3 is 2.66 bits per heavy atom. The van der Waals surface area contributed by atoms with E-state index in [1.165, 1.54) is 24.4 Å². The van der Waals surface area contributed by atoms with E-state index in [0.29, 0.717) is 4.47 Å². The van der Waals surface area contributed by atoms with Crippen LogP contribution in [0.5, 0.6) is 0 Å². The van der Waals surface area contributed by atoms with E-state index in [1.54, 1.807) is 6.07 Å². The maximum atomic E-state index is 14.3. The van der Waals surface area contributed by atoms with Gasteiger partial charge in [0, 0.05) is 11.9 Å². The van der Waals surface area contributed by atoms with Crippen molar-refractivity contribution in [3.63, 3.8) is 0 Å². The molecule has 0 amide bonds. The Morgan fingerprint density at radius 2 is 1.93 bits per heavy atom. The fourth-order valence-electron chi connectivity index (χ4n) is 5.43. The Morgan fingerprint density at radius 1 is 1.21 bits per heavy atom. The van der Waals surface area contributed by atoms with Crippen LogP contribution >= 0.6 is 15.9 Å². The maximum Gasteiger partial charge on any atom is 0.345 e. The average Bonchev–Trinajstić information content (AvgIpc) is 3.05. The van der Waals surface area contributed by atoms with Crippen LogP contribution in [0.15, 0.2) is 39.7 Å². The molecule has 3 aromatic rings. The molecule has 29 heavy (non-hydrogen) atoms. The second kappa shape index (κ2) is 6.01. The maximum absolute atomic E-state index is 14.3. The zero-order valence-electron chi connectivity index (χ0n) is 15.8. The van der Waals surface area contributed by atoms with Crippen LogP contribution in [0.1, 0.15) is 49.6 Å². The minimum absolute atomic E-state index is 0.130. The van der Waals surface area contributed by atoms with E-state index in [2.05, 4.69) is 49.9 Å². The van der Waals surface area contributed by atoms with Crippen LogP contribution in [0.4, 0.5) is 8.78 Å². The summed E-state index contributed by atoms with van der Waals surface area (Å²) in [7, 11) is 0. The van der Waals surface area contributed by atoms with Crippen molar-refractivity contribution < 1.29 is 8.78 Å². The highest BCUT2D eigenvalue weighted by Crippen LogP contribution is 2.69. The number of aromatic nitrogens is 4. The molecule has 2 aliphatic rings. The third kappa shape index (κ3) is 2.29. The molecule has 5 rings (SSSR count). The van der Waals surface area contributed by atoms with Gasteiger partial charge in [0.2, 0.25) is 0 Å². The number of rotatable bonds is 2. The molecule has 148 valence electrons. The van der Waals surface area contributed by atoms with Gasteiger partial charge in [-0.1, -0.05) is 19.9 Å². The molecule has 0 aliphatic heterocycles. The Bertz CT molecular complexity index is 1210. The van der Waals surface area contributed by atoms with Gasteiger partial charge in [0.25, 0.3) is 0 Å². The molecular formula is C21H17BrF2N4O. The zero-order valence-corrected chi connectivity index (χ0v) is 17.3. The molecule has 0 spiro atoms. The Hall–Kier alpha value is -2.48. The third-order valence-electron chi connectivity index (χ3n) is 6.79. The standard InChI is InChI=1S/C21H17BrF2N4O/c1-20(2)11-6-7-21(20,18-12(22)9-25-19(29)26-18)17-10(11)8-15(27-28-17)16-13(23)4-3-5-14(16)24/h3-5,8-9,11H,6-7H2,1-2H3,(H,25,26,29)/t11-,21+/m0/s1. The molecule has 0 unspecified atom stereocenters. The minimum atomic E-state index is -0.669. The van der Waals surface area contributed by atoms with Gasteiger partial charge in [-0.2, -0.15) is 5.10 Å². The first-order valence-corrected chi connectivity index (χ1v) is 10.1. The van der Waals surface area contributed by atoms with Crippen molar-refractivity contribution in [2.45, 2.75) is 38.0 Å². The smallest absolute Gasteiger partial charge is 0.308 e. The summed E-state index contributed by atoms with van der Waals surface area (Å²) >= 11 is 3.53. The first-order valence-electron chi connectivity index (χ1n) is 9.35. The summed E-state index contributed by atoms with van der Waals surface area (Å²) in [6.45, 7) is 4.28. The van der Waals surface area contributed by atoms with Crippen LogP contribution in [0.2, 0.25) is 0 Å². The number of hydrogen-bond donors (Lipinski definition) is 1. The lowest BCUT2D eigenvalue weighted by Crippen LogP contribution is -2.39. The second-order valence-corrected chi connectivity index (χ2v) is 9.11. The molecular weight excluding hydrogens is 442 g/mol. The lowest BCUT2D eigenvalue weighted by Gasteiger charge is -2.38. The molecule has 0 saturated heterocycles. The molecule has 1 aromatic carbocycles. The number of halogens is 3. The van der Waals surface area contributed by atoms with Crippen molar-refractivity contribution in [2.75, 3.05) is 0 Å². The summed E-state index contributed by atoms with van der Waals surface area (Å²) in [5.41, 5.74) is 1.15. The molecule has 8 heteroatoms. The fourth-order valence-corrected chi connectivity index (χ4v) is 5.97. The van der Waals surface area contributed by atoms with E-state index in [0.717, 1.165) is 29.8 Å². The van der Waals surface area contributed by atoms with E-state index in [-0.39, 0.29) is 22.6 Å². The van der Waals surface area contributed by atoms with Crippen molar-refractivity contribution in [1.82, 2.24) is 20.2 Å². The van der Waals surface area contributed by atoms with Gasteiger partial charge in [-0.15, -0.1) is 5.10 Å². The van der Waals surface area contributed by atoms with E-state index in [4.69, 9.17) is 0 Å². The molecule has 2 heterocycles. The quantitative estimate of drug-likeness (QED) is 0.614. The van der Waals surface area contributed by atoms with Crippen LogP contribution in [-0.4, -0.2) is 20.2 Å². The number of hydrogen-bond acceptors (Lipinski definition) is 4. The predicted molar refractivity (Wildman–Crippen MR) is 106 cm³/mol. The molecule has 1 saturated carbocycles. The van der Waals surface area contributed by atoms with E-state index >= 15 is 0 Å². The SMILES string of the molecule is CC1(C)[C@H]2CC[C@]1(c1[nH]c(=O)ncc1Br)c1nnc(-c3c(F)cccc3F)cc12. The monoisotopic (exact) mass is 458 g/mol. The summed E-state index contributed by atoms with van der Waals surface area (Å²) in [5, 5.41) is 8.67. The van der Waals surface area contributed by atoms with Gasteiger partial charge in [0.1, 0.15) is 11.6 Å². The topological polar surface area (TPSA) is 71.5 Å². The van der Waals surface area contributed by atoms with Crippen molar-refractivity contribution in [3.8, 4) is 11.3 Å². The highest BCUT2D eigenvalue weighted by Gasteiger charge is 2.65. The zero-order chi connectivity index (χ0) is 20.6. The van der Waals surface area contributed by atoms with E-state index < -0.39 is 22.7 Å². The summed E-state index contributed by atoms with van der Waals surface area (Å²) in [4.78, 5) is 18.7. The number of fused-ring (bicyclic) bond motifs is 5. The van der Waals surface area contributed by atoms with Crippen LogP contribution in [0, 0.1) is 17.0 Å². The fraction of sp³-hybridized carbons (Fsp3) is 0.333. The van der Waals surface area contributed by atoms with Gasteiger partial charge in [0.05, 0.1) is 26.8 Å². The lowest BCUT2D eigenvalue weighted by molar-refractivity contribution is 0.241. The van der Waals surface area contributed by atoms with E-state index in [9.17, 15) is 13.6 Å². The largest absolute Gasteiger partial charge is 0.345 e. The molecule has 5 nitrogen and oxygen atoms in total. The number of nitrogens with zero attached hydrogens (tertiary/aromatic N) is 3. The normalized spacial score (nSPS) is 24.0. The molecule has 2 bridgehead atoms. The highest BCUT2D eigenvalue weighted by atomic mass is 79.9. The number of benzene rings is 1. The molecule has 1 N–H and O–H groups in total. The Labute approximate surface area is 173 Å². The summed E-state index contributed by atoms with van der Waals surface area (Å²) in [5.74, 6) is -1.21. The van der Waals surface area contributed by atoms with Crippen LogP contribution in [-0.2, 0) is 5.41 Å². The number of aromatic amines is 1. The van der Waals surface area contributed by atoms with Gasteiger partial charge >= 0.3 is 5.69 Å². The van der Waals surface area contributed by atoms with Crippen molar-refractivity contribution >= 4 is 15.9 Å². The molecule has 0 radical (unpaired) electrons. The molecule has 2 aromatic heterocycles. The van der Waals surface area contributed by atoms with Crippen LogP contribution < -0.4 is 5.69 Å². The second-order valence-electron chi connectivity index (χ2n) is 8.26. The molecule has 2 atom stereocenters.